The summed E-state index contributed by atoms with van der Waals surface area (Å²) in [7, 11) is 0. The molecule has 1 atom stereocenters. The molecule has 1 N–H and O–H groups in total. The van der Waals surface area contributed by atoms with E-state index in [0.29, 0.717) is 16.6 Å². The zero-order valence-electron chi connectivity index (χ0n) is 15.4. The number of aromatic nitrogens is 1. The Morgan fingerprint density at radius 2 is 1.85 bits per heavy atom. The maximum atomic E-state index is 12.6. The number of ether oxygens (including phenoxy) is 2. The molecule has 1 aromatic heterocycles. The number of nitrogens with zero attached hydrogens (tertiary/aromatic N) is 1. The number of carbonyl (C=O) groups excluding carboxylic acids is 1. The van der Waals surface area contributed by atoms with Gasteiger partial charge in [0.15, 0.2) is 16.6 Å². The van der Waals surface area contributed by atoms with Gasteiger partial charge in [-0.3, -0.25) is 10.1 Å². The Bertz CT molecular complexity index is 989. The van der Waals surface area contributed by atoms with Gasteiger partial charge in [-0.2, -0.15) is 0 Å². The highest BCUT2D eigenvalue weighted by Crippen LogP contribution is 2.33. The number of aryl methyl sites for hydroxylation is 3. The molecule has 6 heteroatoms. The summed E-state index contributed by atoms with van der Waals surface area (Å²) >= 11 is 1.40. The number of benzene rings is 2. The number of nitrogens with one attached hydrogen (secondary N) is 1. The molecule has 4 rings (SSSR count). The minimum Gasteiger partial charge on any atom is -0.485 e. The Labute approximate surface area is 162 Å². The summed E-state index contributed by atoms with van der Waals surface area (Å²) in [6, 6.07) is 11.6. The molecule has 2 aromatic carbocycles. The Morgan fingerprint density at radius 1 is 1.15 bits per heavy atom. The summed E-state index contributed by atoms with van der Waals surface area (Å²) in [4.78, 5) is 17.2. The molecular formula is C21H20N2O3S. The highest BCUT2D eigenvalue weighted by atomic mass is 32.1. The fourth-order valence-electron chi connectivity index (χ4n) is 3.36. The normalized spacial score (nSPS) is 15.4. The Hall–Kier alpha value is -2.86. The molecule has 0 radical (unpaired) electrons. The lowest BCUT2D eigenvalue weighted by molar-refractivity contribution is -0.125. The number of carbonyl (C=O) groups is 1. The molecule has 0 saturated heterocycles. The summed E-state index contributed by atoms with van der Waals surface area (Å²) < 4.78 is 11.4. The van der Waals surface area contributed by atoms with Crippen molar-refractivity contribution in [3.05, 3.63) is 58.5 Å². The van der Waals surface area contributed by atoms with Gasteiger partial charge in [-0.05, 0) is 44.0 Å². The maximum Gasteiger partial charge on any atom is 0.270 e. The maximum absolute atomic E-state index is 12.6. The van der Waals surface area contributed by atoms with Crippen LogP contribution >= 0.6 is 11.3 Å². The first-order valence-corrected chi connectivity index (χ1v) is 9.62. The molecule has 5 nitrogen and oxygen atoms in total. The molecule has 138 valence electrons. The van der Waals surface area contributed by atoms with E-state index in [2.05, 4.69) is 43.2 Å². The molecule has 1 aliphatic rings. The number of fused-ring (bicyclic) bond motifs is 1. The van der Waals surface area contributed by atoms with Gasteiger partial charge in [-0.1, -0.05) is 29.8 Å². The first kappa shape index (κ1) is 17.5. The number of para-hydroxylation sites is 2. The molecule has 1 amide bonds. The molecule has 0 fully saturated rings. The smallest absolute Gasteiger partial charge is 0.270 e. The van der Waals surface area contributed by atoms with Crippen LogP contribution in [0.4, 0.5) is 5.13 Å². The second-order valence-corrected chi connectivity index (χ2v) is 7.52. The van der Waals surface area contributed by atoms with Crippen molar-refractivity contribution in [1.82, 2.24) is 4.98 Å². The van der Waals surface area contributed by atoms with Crippen LogP contribution in [0.1, 0.15) is 16.7 Å². The van der Waals surface area contributed by atoms with Gasteiger partial charge in [0.25, 0.3) is 5.91 Å². The molecule has 27 heavy (non-hydrogen) atoms. The van der Waals surface area contributed by atoms with E-state index in [-0.39, 0.29) is 12.5 Å². The van der Waals surface area contributed by atoms with E-state index in [0.717, 1.165) is 11.3 Å². The van der Waals surface area contributed by atoms with E-state index in [1.165, 1.54) is 28.0 Å². The van der Waals surface area contributed by atoms with Crippen molar-refractivity contribution in [2.24, 2.45) is 0 Å². The molecule has 0 bridgehead atoms. The average Bonchev–Trinajstić information content (AvgIpc) is 3.08. The van der Waals surface area contributed by atoms with Gasteiger partial charge in [0.2, 0.25) is 6.10 Å². The van der Waals surface area contributed by atoms with Crippen molar-refractivity contribution in [1.29, 1.82) is 0 Å². The number of rotatable bonds is 3. The fraction of sp³-hybridized carbons (Fsp3) is 0.238. The quantitative estimate of drug-likeness (QED) is 0.726. The Kier molecular flexibility index (Phi) is 4.58. The predicted octanol–water partition coefficient (Wildman–Crippen LogP) is 4.51. The van der Waals surface area contributed by atoms with Gasteiger partial charge in [0, 0.05) is 10.9 Å². The molecular weight excluding hydrogens is 360 g/mol. The van der Waals surface area contributed by atoms with Gasteiger partial charge < -0.3 is 9.47 Å². The van der Waals surface area contributed by atoms with E-state index >= 15 is 0 Å². The first-order chi connectivity index (χ1) is 13.0. The van der Waals surface area contributed by atoms with Crippen LogP contribution < -0.4 is 14.8 Å². The lowest BCUT2D eigenvalue weighted by atomic mass is 9.98. The first-order valence-electron chi connectivity index (χ1n) is 8.74. The molecule has 1 aliphatic heterocycles. The second kappa shape index (κ2) is 7.04. The van der Waals surface area contributed by atoms with Crippen LogP contribution in [0.5, 0.6) is 11.5 Å². The SMILES string of the molecule is Cc1cc(C)c(-c2csc(NC(=O)C3COc4ccccc4O3)n2)c(C)c1. The zero-order valence-corrected chi connectivity index (χ0v) is 16.2. The van der Waals surface area contributed by atoms with Crippen LogP contribution in [0.3, 0.4) is 0 Å². The Balaban J connectivity index is 1.50. The number of hydrogen-bond donors (Lipinski definition) is 1. The molecule has 2 heterocycles. The third-order valence-corrected chi connectivity index (χ3v) is 5.23. The number of amides is 1. The molecule has 0 saturated carbocycles. The van der Waals surface area contributed by atoms with Crippen molar-refractivity contribution in [3.8, 4) is 22.8 Å². The number of hydrogen-bond acceptors (Lipinski definition) is 5. The van der Waals surface area contributed by atoms with E-state index in [9.17, 15) is 4.79 Å². The lowest BCUT2D eigenvalue weighted by Crippen LogP contribution is -2.40. The van der Waals surface area contributed by atoms with Crippen LogP contribution in [0.15, 0.2) is 41.8 Å². The van der Waals surface area contributed by atoms with E-state index in [4.69, 9.17) is 9.47 Å². The van der Waals surface area contributed by atoms with Crippen molar-refractivity contribution in [2.75, 3.05) is 11.9 Å². The van der Waals surface area contributed by atoms with Crippen molar-refractivity contribution in [2.45, 2.75) is 26.9 Å². The highest BCUT2D eigenvalue weighted by Gasteiger charge is 2.28. The second-order valence-electron chi connectivity index (χ2n) is 6.67. The van der Waals surface area contributed by atoms with Gasteiger partial charge in [0.05, 0.1) is 5.69 Å². The van der Waals surface area contributed by atoms with Gasteiger partial charge in [-0.25, -0.2) is 4.98 Å². The van der Waals surface area contributed by atoms with E-state index in [1.54, 1.807) is 6.07 Å². The van der Waals surface area contributed by atoms with Gasteiger partial charge in [-0.15, -0.1) is 11.3 Å². The summed E-state index contributed by atoms with van der Waals surface area (Å²) in [6.07, 6.45) is -0.699. The van der Waals surface area contributed by atoms with E-state index < -0.39 is 6.10 Å². The zero-order chi connectivity index (χ0) is 19.0. The lowest BCUT2D eigenvalue weighted by Gasteiger charge is -2.25. The van der Waals surface area contributed by atoms with Gasteiger partial charge >= 0.3 is 0 Å². The van der Waals surface area contributed by atoms with Crippen molar-refractivity contribution in [3.63, 3.8) is 0 Å². The standard InChI is InChI=1S/C21H20N2O3S/c1-12-8-13(2)19(14(3)9-12)15-11-27-21(22-15)23-20(24)18-10-25-16-6-4-5-7-17(16)26-18/h4-9,11,18H,10H2,1-3H3,(H,22,23,24). The summed E-state index contributed by atoms with van der Waals surface area (Å²) in [6.45, 7) is 6.42. The summed E-state index contributed by atoms with van der Waals surface area (Å²) in [5.74, 6) is 0.973. The van der Waals surface area contributed by atoms with Gasteiger partial charge in [0.1, 0.15) is 6.61 Å². The fourth-order valence-corrected chi connectivity index (χ4v) is 4.07. The van der Waals surface area contributed by atoms with Crippen LogP contribution in [-0.2, 0) is 4.79 Å². The molecule has 0 aliphatic carbocycles. The predicted molar refractivity (Wildman–Crippen MR) is 107 cm³/mol. The Morgan fingerprint density at radius 3 is 2.59 bits per heavy atom. The highest BCUT2D eigenvalue weighted by molar-refractivity contribution is 7.14. The van der Waals surface area contributed by atoms with Crippen molar-refractivity contribution >= 4 is 22.4 Å². The van der Waals surface area contributed by atoms with Crippen LogP contribution in [0.25, 0.3) is 11.3 Å². The summed E-state index contributed by atoms with van der Waals surface area (Å²) in [5, 5.41) is 5.37. The minimum absolute atomic E-state index is 0.178. The minimum atomic E-state index is -0.699. The number of thiazole rings is 1. The third-order valence-electron chi connectivity index (χ3n) is 4.47. The third kappa shape index (κ3) is 3.53. The van der Waals surface area contributed by atoms with Crippen LogP contribution in [0, 0.1) is 20.8 Å². The molecule has 0 spiro atoms. The van der Waals surface area contributed by atoms with Crippen LogP contribution in [0.2, 0.25) is 0 Å². The topological polar surface area (TPSA) is 60.5 Å². The monoisotopic (exact) mass is 380 g/mol. The van der Waals surface area contributed by atoms with Crippen LogP contribution in [-0.4, -0.2) is 23.6 Å². The number of anilines is 1. The van der Waals surface area contributed by atoms with E-state index in [1.807, 2.05) is 23.6 Å². The average molecular weight is 380 g/mol. The molecule has 3 aromatic rings. The summed E-state index contributed by atoms with van der Waals surface area (Å²) in [5.41, 5.74) is 5.57. The largest absolute Gasteiger partial charge is 0.485 e. The van der Waals surface area contributed by atoms with Crippen molar-refractivity contribution < 1.29 is 14.3 Å². The molecule has 1 unspecified atom stereocenters.